The molecule has 0 radical (unpaired) electrons. The minimum Gasteiger partial charge on any atom is -0.477 e. The molecule has 4 heterocycles. The molecule has 9 heteroatoms. The molecule has 24 heavy (non-hydrogen) atoms. The first-order valence-corrected chi connectivity index (χ1v) is 8.85. The predicted octanol–water partition coefficient (Wildman–Crippen LogP) is -0.560. The number of aliphatic hydroxyl groups is 1. The second-order valence-corrected chi connectivity index (χ2v) is 7.94. The van der Waals surface area contributed by atoms with Crippen molar-refractivity contribution >= 4 is 23.6 Å². The molecule has 0 aliphatic carbocycles. The van der Waals surface area contributed by atoms with Crippen molar-refractivity contribution in [1.29, 1.82) is 0 Å². The molecular weight excluding hydrogens is 332 g/mol. The van der Waals surface area contributed by atoms with Gasteiger partial charge in [-0.1, -0.05) is 6.92 Å². The van der Waals surface area contributed by atoms with Crippen molar-refractivity contribution in [1.82, 2.24) is 14.8 Å². The zero-order valence-electron chi connectivity index (χ0n) is 13.4. The summed E-state index contributed by atoms with van der Waals surface area (Å²) in [6.07, 6.45) is 2.86. The number of β-lactam (4-membered cyclic amide) rings is 1. The number of fused-ring (bicyclic) bond motifs is 2. The summed E-state index contributed by atoms with van der Waals surface area (Å²) in [4.78, 5) is 28.0. The van der Waals surface area contributed by atoms with Crippen molar-refractivity contribution < 1.29 is 24.5 Å². The van der Waals surface area contributed by atoms with Crippen LogP contribution in [0.25, 0.3) is 0 Å². The quantitative estimate of drug-likeness (QED) is 0.557. The van der Waals surface area contributed by atoms with Gasteiger partial charge in [-0.05, 0) is 11.7 Å². The minimum absolute atomic E-state index is 0.0867. The number of carboxylic acid groups (broad SMARTS) is 1. The Balaban J connectivity index is 1.61. The zero-order valence-corrected chi connectivity index (χ0v) is 14.2. The molecule has 2 N–H and O–H groups in total. The van der Waals surface area contributed by atoms with E-state index in [0.29, 0.717) is 6.54 Å². The summed E-state index contributed by atoms with van der Waals surface area (Å²) in [5.74, 6) is -1.96. The number of nitrogens with zero attached hydrogens (tertiary/aromatic N) is 4. The van der Waals surface area contributed by atoms with Gasteiger partial charge in [-0.3, -0.25) is 4.79 Å². The second kappa shape index (κ2) is 5.32. The van der Waals surface area contributed by atoms with Crippen molar-refractivity contribution in [2.24, 2.45) is 11.8 Å². The molecule has 2 unspecified atom stereocenters. The maximum absolute atomic E-state index is 12.3. The number of rotatable bonds is 4. The molecule has 3 aliphatic heterocycles. The van der Waals surface area contributed by atoms with Crippen LogP contribution < -0.4 is 4.68 Å². The zero-order chi connectivity index (χ0) is 17.2. The maximum atomic E-state index is 12.3. The number of hydrogen-bond acceptors (Lipinski definition) is 5. The van der Waals surface area contributed by atoms with E-state index in [0.717, 1.165) is 11.4 Å². The third kappa shape index (κ3) is 2.04. The summed E-state index contributed by atoms with van der Waals surface area (Å²) < 4.78 is 2.00. The molecule has 0 spiro atoms. The lowest BCUT2D eigenvalue weighted by Crippen LogP contribution is -2.63. The second-order valence-electron chi connectivity index (χ2n) is 6.60. The van der Waals surface area contributed by atoms with Crippen LogP contribution in [0.2, 0.25) is 0 Å². The van der Waals surface area contributed by atoms with E-state index in [1.54, 1.807) is 13.1 Å². The van der Waals surface area contributed by atoms with Crippen LogP contribution in [-0.4, -0.2) is 54.3 Å². The number of aliphatic carboxylic acids is 1. The Morgan fingerprint density at radius 1 is 1.54 bits per heavy atom. The van der Waals surface area contributed by atoms with E-state index in [1.165, 1.54) is 16.7 Å². The molecule has 4 rings (SSSR count). The third-order valence-corrected chi connectivity index (χ3v) is 6.55. The van der Waals surface area contributed by atoms with Crippen LogP contribution in [0, 0.1) is 11.8 Å². The molecule has 1 amide bonds. The van der Waals surface area contributed by atoms with Crippen molar-refractivity contribution in [3.05, 3.63) is 23.0 Å². The van der Waals surface area contributed by atoms with Gasteiger partial charge in [-0.25, -0.2) is 4.79 Å². The number of carboxylic acids is 1. The van der Waals surface area contributed by atoms with Crippen LogP contribution in [0.1, 0.15) is 13.8 Å². The van der Waals surface area contributed by atoms with Crippen molar-refractivity contribution in [3.63, 3.8) is 0 Å². The third-order valence-electron chi connectivity index (χ3n) is 5.10. The number of thioether (sulfide) groups is 1. The lowest BCUT2D eigenvalue weighted by molar-refractivity contribution is -0.761. The molecular formula is C15H19N4O4S+. The standard InChI is InChI=1S/C15H18N4O4S/c1-7-11-10(8(2)20)14(21)19(11)12(15(22)23)13(7)24-9-5-17-4-3-16-18(17)6-9/h3-4,7-11,20H,5-6H2,1-2H3/p+1/t7-,8?,9?,10-,11-/m1/s1. The van der Waals surface area contributed by atoms with E-state index in [2.05, 4.69) is 5.10 Å². The first kappa shape index (κ1) is 15.6. The van der Waals surface area contributed by atoms with Gasteiger partial charge in [0.05, 0.1) is 23.3 Å². The van der Waals surface area contributed by atoms with Crippen LogP contribution in [0.15, 0.2) is 23.0 Å². The van der Waals surface area contributed by atoms with E-state index < -0.39 is 18.0 Å². The van der Waals surface area contributed by atoms with Crippen LogP contribution in [-0.2, 0) is 22.7 Å². The molecule has 1 aromatic rings. The van der Waals surface area contributed by atoms with E-state index in [-0.39, 0.29) is 28.8 Å². The Hall–Kier alpha value is -1.87. The van der Waals surface area contributed by atoms with Gasteiger partial charge in [-0.15, -0.1) is 11.8 Å². The molecule has 1 aromatic heterocycles. The average Bonchev–Trinajstić information content (AvgIpc) is 3.12. The molecule has 5 atom stereocenters. The smallest absolute Gasteiger partial charge is 0.353 e. The largest absolute Gasteiger partial charge is 0.477 e. The topological polar surface area (TPSA) is 99.5 Å². The van der Waals surface area contributed by atoms with Crippen LogP contribution in [0.3, 0.4) is 0 Å². The Morgan fingerprint density at radius 2 is 2.29 bits per heavy atom. The van der Waals surface area contributed by atoms with Gasteiger partial charge in [0.1, 0.15) is 18.8 Å². The fourth-order valence-electron chi connectivity index (χ4n) is 4.02. The molecule has 0 bridgehead atoms. The number of carbonyl (C=O) groups is 2. The van der Waals surface area contributed by atoms with Gasteiger partial charge in [0, 0.05) is 15.9 Å². The highest BCUT2D eigenvalue weighted by Gasteiger charge is 2.60. The molecule has 1 fully saturated rings. The molecule has 3 aliphatic rings. The first-order valence-electron chi connectivity index (χ1n) is 7.97. The summed E-state index contributed by atoms with van der Waals surface area (Å²) >= 11 is 1.53. The Morgan fingerprint density at radius 3 is 2.92 bits per heavy atom. The number of hydrogen-bond donors (Lipinski definition) is 2. The van der Waals surface area contributed by atoms with E-state index in [1.807, 2.05) is 22.6 Å². The van der Waals surface area contributed by atoms with Gasteiger partial charge in [0.25, 0.3) is 0 Å². The van der Waals surface area contributed by atoms with Gasteiger partial charge in [0.2, 0.25) is 12.1 Å². The van der Waals surface area contributed by atoms with Gasteiger partial charge < -0.3 is 15.1 Å². The van der Waals surface area contributed by atoms with Crippen LogP contribution in [0.4, 0.5) is 0 Å². The molecule has 128 valence electrons. The number of carbonyl (C=O) groups excluding carboxylic acids is 1. The molecule has 0 aromatic carbocycles. The first-order chi connectivity index (χ1) is 11.4. The average molecular weight is 351 g/mol. The predicted molar refractivity (Wildman–Crippen MR) is 83.4 cm³/mol. The van der Waals surface area contributed by atoms with Crippen molar-refractivity contribution in [2.75, 3.05) is 0 Å². The van der Waals surface area contributed by atoms with E-state index >= 15 is 0 Å². The molecule has 8 nitrogen and oxygen atoms in total. The monoisotopic (exact) mass is 351 g/mol. The SMILES string of the molecule is CC(O)[C@H]1C(=O)N2C(C(=O)O)=C(SC3Cn4ncc[n+]4C3)[C@H](C)[C@H]12. The maximum Gasteiger partial charge on any atom is 0.353 e. The van der Waals surface area contributed by atoms with Gasteiger partial charge >= 0.3 is 5.97 Å². The highest BCUT2D eigenvalue weighted by Crippen LogP contribution is 2.51. The Bertz CT molecular complexity index is 738. The fourth-order valence-corrected chi connectivity index (χ4v) is 5.46. The van der Waals surface area contributed by atoms with Crippen LogP contribution >= 0.6 is 11.8 Å². The normalized spacial score (nSPS) is 32.6. The summed E-state index contributed by atoms with van der Waals surface area (Å²) in [5.41, 5.74) is 0.0916. The lowest BCUT2D eigenvalue weighted by Gasteiger charge is -2.46. The van der Waals surface area contributed by atoms with E-state index in [9.17, 15) is 19.8 Å². The van der Waals surface area contributed by atoms with Gasteiger partial charge in [0.15, 0.2) is 6.20 Å². The highest BCUT2D eigenvalue weighted by atomic mass is 32.2. The Labute approximate surface area is 142 Å². The number of aromatic nitrogens is 3. The summed E-state index contributed by atoms with van der Waals surface area (Å²) in [5, 5.41) is 23.9. The lowest BCUT2D eigenvalue weighted by atomic mass is 9.79. The van der Waals surface area contributed by atoms with Crippen LogP contribution in [0.5, 0.6) is 0 Å². The van der Waals surface area contributed by atoms with Crippen molar-refractivity contribution in [3.8, 4) is 0 Å². The minimum atomic E-state index is -1.08. The van der Waals surface area contributed by atoms with Gasteiger partial charge in [-0.2, -0.15) is 4.68 Å². The molecule has 1 saturated heterocycles. The van der Waals surface area contributed by atoms with E-state index in [4.69, 9.17) is 0 Å². The fraction of sp³-hybridized carbons (Fsp3) is 0.600. The summed E-state index contributed by atoms with van der Waals surface area (Å²) in [7, 11) is 0. The highest BCUT2D eigenvalue weighted by molar-refractivity contribution is 8.03. The number of aliphatic hydroxyl groups excluding tert-OH is 1. The number of amides is 1. The summed E-state index contributed by atoms with van der Waals surface area (Å²) in [6.45, 7) is 4.99. The summed E-state index contributed by atoms with van der Waals surface area (Å²) in [6, 6.07) is -0.253. The van der Waals surface area contributed by atoms with Crippen molar-refractivity contribution in [2.45, 2.75) is 44.3 Å². The molecule has 0 saturated carbocycles. The Kier molecular flexibility index (Phi) is 3.47.